The second kappa shape index (κ2) is 4.41. The van der Waals surface area contributed by atoms with Crippen LogP contribution in [-0.4, -0.2) is 33.7 Å². The Bertz CT molecular complexity index is 368. The summed E-state index contributed by atoms with van der Waals surface area (Å²) in [5.74, 6) is -2.47. The molecule has 1 aliphatic heterocycles. The molecule has 2 heterocycles. The van der Waals surface area contributed by atoms with E-state index in [2.05, 4.69) is 21.0 Å². The lowest BCUT2D eigenvalue weighted by atomic mass is 10.1. The molecular weight excluding hydrogens is 280 g/mol. The van der Waals surface area contributed by atoms with Gasteiger partial charge in [-0.2, -0.15) is 5.10 Å². The van der Waals surface area contributed by atoms with Crippen molar-refractivity contribution in [1.82, 2.24) is 14.7 Å². The van der Waals surface area contributed by atoms with Gasteiger partial charge in [0.2, 0.25) is 0 Å². The molecule has 0 saturated carbocycles. The molecule has 0 spiro atoms. The number of rotatable bonds is 2. The summed E-state index contributed by atoms with van der Waals surface area (Å²) in [5.41, 5.74) is 0.910. The molecule has 0 N–H and O–H groups in total. The van der Waals surface area contributed by atoms with E-state index >= 15 is 0 Å². The van der Waals surface area contributed by atoms with Gasteiger partial charge in [0.25, 0.3) is 5.92 Å². The molecule has 0 aliphatic carbocycles. The Balaban J connectivity index is 1.94. The number of halogens is 3. The van der Waals surface area contributed by atoms with Crippen LogP contribution in [0.5, 0.6) is 0 Å². The molecular formula is C10H14BrF2N3. The van der Waals surface area contributed by atoms with E-state index in [0.717, 1.165) is 10.2 Å². The molecule has 1 aromatic rings. The zero-order chi connectivity index (χ0) is 11.8. The van der Waals surface area contributed by atoms with Crippen molar-refractivity contribution in [2.24, 2.45) is 7.05 Å². The molecule has 3 nitrogen and oxygen atoms in total. The minimum Gasteiger partial charge on any atom is -0.297 e. The summed E-state index contributed by atoms with van der Waals surface area (Å²) in [6, 6.07) is 0. The van der Waals surface area contributed by atoms with Crippen molar-refractivity contribution in [2.45, 2.75) is 25.3 Å². The smallest absolute Gasteiger partial charge is 0.250 e. The second-order valence-electron chi connectivity index (χ2n) is 4.23. The molecule has 0 unspecified atom stereocenters. The second-order valence-corrected chi connectivity index (χ2v) is 5.08. The first-order chi connectivity index (χ1) is 7.46. The predicted octanol–water partition coefficient (Wildman–Crippen LogP) is 2.41. The van der Waals surface area contributed by atoms with Gasteiger partial charge in [-0.1, -0.05) is 0 Å². The highest BCUT2D eigenvalue weighted by molar-refractivity contribution is 9.10. The van der Waals surface area contributed by atoms with Crippen molar-refractivity contribution in [1.29, 1.82) is 0 Å². The number of piperidine rings is 1. The minimum absolute atomic E-state index is 0.0442. The Morgan fingerprint density at radius 3 is 2.56 bits per heavy atom. The average molecular weight is 294 g/mol. The summed E-state index contributed by atoms with van der Waals surface area (Å²) in [5, 5.41) is 4.28. The van der Waals surface area contributed by atoms with Gasteiger partial charge in [-0.25, -0.2) is 8.78 Å². The fourth-order valence-corrected chi connectivity index (χ4v) is 2.36. The van der Waals surface area contributed by atoms with Crippen molar-refractivity contribution >= 4 is 15.9 Å². The van der Waals surface area contributed by atoms with Gasteiger partial charge in [-0.3, -0.25) is 9.58 Å². The van der Waals surface area contributed by atoms with Gasteiger partial charge in [0.05, 0.1) is 10.2 Å². The quantitative estimate of drug-likeness (QED) is 0.835. The Morgan fingerprint density at radius 1 is 1.44 bits per heavy atom. The third-order valence-electron chi connectivity index (χ3n) is 2.82. The van der Waals surface area contributed by atoms with E-state index in [9.17, 15) is 8.78 Å². The highest BCUT2D eigenvalue weighted by Crippen LogP contribution is 2.28. The SMILES string of the molecule is Cn1cc(Br)c(CN2CCC(F)(F)CC2)n1. The van der Waals surface area contributed by atoms with Crippen molar-refractivity contribution in [3.63, 3.8) is 0 Å². The third kappa shape index (κ3) is 2.79. The Labute approximate surface area is 102 Å². The van der Waals surface area contributed by atoms with Crippen LogP contribution in [0.1, 0.15) is 18.5 Å². The Hall–Kier alpha value is -0.490. The highest BCUT2D eigenvalue weighted by atomic mass is 79.9. The summed E-state index contributed by atoms with van der Waals surface area (Å²) >= 11 is 3.41. The van der Waals surface area contributed by atoms with E-state index in [0.29, 0.717) is 19.6 Å². The topological polar surface area (TPSA) is 21.1 Å². The van der Waals surface area contributed by atoms with Crippen LogP contribution in [-0.2, 0) is 13.6 Å². The number of alkyl halides is 2. The molecule has 1 aliphatic rings. The number of aromatic nitrogens is 2. The van der Waals surface area contributed by atoms with Gasteiger partial charge in [0, 0.05) is 45.7 Å². The maximum absolute atomic E-state index is 12.9. The van der Waals surface area contributed by atoms with Crippen LogP contribution in [0.3, 0.4) is 0 Å². The molecule has 1 saturated heterocycles. The van der Waals surface area contributed by atoms with E-state index in [1.807, 2.05) is 18.1 Å². The van der Waals surface area contributed by atoms with Gasteiger partial charge in [0.1, 0.15) is 0 Å². The standard InChI is InChI=1S/C10H14BrF2N3/c1-15-6-8(11)9(14-15)7-16-4-2-10(12,13)3-5-16/h6H,2-5,7H2,1H3. The fraction of sp³-hybridized carbons (Fsp3) is 0.700. The number of nitrogens with zero attached hydrogens (tertiary/aromatic N) is 3. The summed E-state index contributed by atoms with van der Waals surface area (Å²) in [6.07, 6.45) is 1.78. The van der Waals surface area contributed by atoms with E-state index in [1.54, 1.807) is 4.68 Å². The van der Waals surface area contributed by atoms with Gasteiger partial charge >= 0.3 is 0 Å². The first kappa shape index (κ1) is 12.0. The van der Waals surface area contributed by atoms with Crippen LogP contribution in [0.15, 0.2) is 10.7 Å². The maximum atomic E-state index is 12.9. The molecule has 0 aromatic carbocycles. The maximum Gasteiger partial charge on any atom is 0.250 e. The van der Waals surface area contributed by atoms with E-state index in [1.165, 1.54) is 0 Å². The number of likely N-dealkylation sites (tertiary alicyclic amines) is 1. The predicted molar refractivity (Wildman–Crippen MR) is 60.4 cm³/mol. The van der Waals surface area contributed by atoms with Crippen LogP contribution in [0.25, 0.3) is 0 Å². The van der Waals surface area contributed by atoms with Crippen LogP contribution in [0.2, 0.25) is 0 Å². The summed E-state index contributed by atoms with van der Waals surface area (Å²) in [4.78, 5) is 2.02. The van der Waals surface area contributed by atoms with Gasteiger partial charge in [-0.05, 0) is 15.9 Å². The highest BCUT2D eigenvalue weighted by Gasteiger charge is 2.34. The van der Waals surface area contributed by atoms with Crippen LogP contribution in [0.4, 0.5) is 8.78 Å². The van der Waals surface area contributed by atoms with Gasteiger partial charge in [0.15, 0.2) is 0 Å². The summed E-state index contributed by atoms with van der Waals surface area (Å²) in [6.45, 7) is 1.52. The largest absolute Gasteiger partial charge is 0.297 e. The Morgan fingerprint density at radius 2 is 2.06 bits per heavy atom. The first-order valence-corrected chi connectivity index (χ1v) is 6.04. The first-order valence-electron chi connectivity index (χ1n) is 5.24. The molecule has 0 bridgehead atoms. The van der Waals surface area contributed by atoms with Gasteiger partial charge in [-0.15, -0.1) is 0 Å². The van der Waals surface area contributed by atoms with Crippen LogP contribution >= 0.6 is 15.9 Å². The molecule has 0 radical (unpaired) electrons. The van der Waals surface area contributed by atoms with E-state index in [4.69, 9.17) is 0 Å². The van der Waals surface area contributed by atoms with Crippen LogP contribution < -0.4 is 0 Å². The molecule has 0 atom stereocenters. The lowest BCUT2D eigenvalue weighted by Crippen LogP contribution is -2.38. The lowest BCUT2D eigenvalue weighted by molar-refractivity contribution is -0.0568. The minimum atomic E-state index is -2.47. The molecule has 1 fully saturated rings. The van der Waals surface area contributed by atoms with E-state index < -0.39 is 5.92 Å². The van der Waals surface area contributed by atoms with E-state index in [-0.39, 0.29) is 12.8 Å². The molecule has 90 valence electrons. The van der Waals surface area contributed by atoms with Crippen LogP contribution in [0, 0.1) is 0 Å². The summed E-state index contributed by atoms with van der Waals surface area (Å²) in [7, 11) is 1.85. The summed E-state index contributed by atoms with van der Waals surface area (Å²) < 4.78 is 28.5. The number of aryl methyl sites for hydroxylation is 1. The van der Waals surface area contributed by atoms with Gasteiger partial charge < -0.3 is 0 Å². The molecule has 6 heteroatoms. The molecule has 16 heavy (non-hydrogen) atoms. The fourth-order valence-electron chi connectivity index (χ4n) is 1.86. The average Bonchev–Trinajstić information content (AvgIpc) is 2.49. The van der Waals surface area contributed by atoms with Crippen molar-refractivity contribution < 1.29 is 8.78 Å². The number of hydrogen-bond donors (Lipinski definition) is 0. The zero-order valence-electron chi connectivity index (χ0n) is 9.09. The third-order valence-corrected chi connectivity index (χ3v) is 3.48. The van der Waals surface area contributed by atoms with Crippen molar-refractivity contribution in [3.05, 3.63) is 16.4 Å². The molecule has 1 aromatic heterocycles. The lowest BCUT2D eigenvalue weighted by Gasteiger charge is -2.31. The number of hydrogen-bond acceptors (Lipinski definition) is 2. The zero-order valence-corrected chi connectivity index (χ0v) is 10.7. The molecule has 2 rings (SSSR count). The Kier molecular flexibility index (Phi) is 3.30. The molecule has 0 amide bonds. The monoisotopic (exact) mass is 293 g/mol. The normalized spacial score (nSPS) is 21.2. The van der Waals surface area contributed by atoms with Crippen molar-refractivity contribution in [3.8, 4) is 0 Å². The van der Waals surface area contributed by atoms with Crippen molar-refractivity contribution in [2.75, 3.05) is 13.1 Å².